The maximum absolute atomic E-state index is 11.3. The van der Waals surface area contributed by atoms with Crippen LogP contribution < -0.4 is 10.5 Å². The molecule has 0 aliphatic heterocycles. The molecule has 2 N–H and O–H groups in total. The maximum atomic E-state index is 11.3. The first-order chi connectivity index (χ1) is 12.0. The number of esters is 1. The van der Waals surface area contributed by atoms with Crippen molar-refractivity contribution in [3.05, 3.63) is 64.5 Å². The van der Waals surface area contributed by atoms with Gasteiger partial charge in [-0.05, 0) is 47.2 Å². The normalized spacial score (nSPS) is 12.1. The molecule has 1 aromatic heterocycles. The van der Waals surface area contributed by atoms with Crippen LogP contribution in [0.1, 0.15) is 11.5 Å². The summed E-state index contributed by atoms with van der Waals surface area (Å²) in [5, 5.41) is 2.24. The number of carbonyl (C=O) groups excluding carboxylic acids is 1. The van der Waals surface area contributed by atoms with Crippen molar-refractivity contribution in [2.75, 3.05) is 7.11 Å². The van der Waals surface area contributed by atoms with Crippen LogP contribution in [0.2, 0.25) is 0 Å². The van der Waals surface area contributed by atoms with Crippen LogP contribution in [-0.4, -0.2) is 19.1 Å². The molecule has 25 heavy (non-hydrogen) atoms. The Hall–Kier alpha value is -2.31. The minimum absolute atomic E-state index is 0.289. The van der Waals surface area contributed by atoms with Gasteiger partial charge in [-0.25, -0.2) is 0 Å². The number of fused-ring (bicyclic) bond motifs is 1. The van der Waals surface area contributed by atoms with Gasteiger partial charge in [0.15, 0.2) is 0 Å². The number of furan rings is 1. The van der Waals surface area contributed by atoms with Gasteiger partial charge in [0, 0.05) is 10.9 Å². The van der Waals surface area contributed by atoms with Crippen molar-refractivity contribution in [3.63, 3.8) is 0 Å². The molecule has 1 unspecified atom stereocenters. The highest BCUT2D eigenvalue weighted by Crippen LogP contribution is 2.25. The molecule has 1 atom stereocenters. The number of halogens is 1. The van der Waals surface area contributed by atoms with Gasteiger partial charge in [0.05, 0.1) is 7.11 Å². The second-order valence-corrected chi connectivity index (χ2v) is 6.56. The average Bonchev–Trinajstić information content (AvgIpc) is 3.06. The Morgan fingerprint density at radius 3 is 2.64 bits per heavy atom. The molecule has 0 aliphatic rings. The number of carbonyl (C=O) groups is 1. The fourth-order valence-corrected chi connectivity index (χ4v) is 2.88. The lowest BCUT2D eigenvalue weighted by molar-refractivity contribution is -0.142. The number of methoxy groups -OCH3 is 1. The molecule has 0 bridgehead atoms. The molecule has 0 saturated heterocycles. The van der Waals surface area contributed by atoms with E-state index in [1.165, 1.54) is 7.11 Å². The first-order valence-electron chi connectivity index (χ1n) is 7.78. The lowest BCUT2D eigenvalue weighted by Gasteiger charge is -2.07. The minimum atomic E-state index is -0.732. The third-order valence-electron chi connectivity index (χ3n) is 3.80. The Kier molecular flexibility index (Phi) is 5.40. The van der Waals surface area contributed by atoms with E-state index in [2.05, 4.69) is 26.7 Å². The molecule has 6 heteroatoms. The first-order valence-corrected chi connectivity index (χ1v) is 8.57. The Labute approximate surface area is 153 Å². The molecule has 130 valence electrons. The number of ether oxygens (including phenoxy) is 2. The van der Waals surface area contributed by atoms with Gasteiger partial charge in [0.1, 0.15) is 29.9 Å². The molecule has 0 saturated carbocycles. The predicted molar refractivity (Wildman–Crippen MR) is 98.4 cm³/mol. The van der Waals surface area contributed by atoms with Crippen LogP contribution >= 0.6 is 15.9 Å². The topological polar surface area (TPSA) is 74.7 Å². The average molecular weight is 404 g/mol. The molecule has 0 fully saturated rings. The number of hydrogen-bond acceptors (Lipinski definition) is 5. The number of rotatable bonds is 6. The molecular weight excluding hydrogens is 386 g/mol. The minimum Gasteiger partial charge on any atom is -0.486 e. The van der Waals surface area contributed by atoms with Gasteiger partial charge < -0.3 is 19.6 Å². The van der Waals surface area contributed by atoms with Crippen molar-refractivity contribution in [2.24, 2.45) is 5.73 Å². The number of nitrogens with two attached hydrogens (primary N) is 1. The van der Waals surface area contributed by atoms with Crippen molar-refractivity contribution in [1.82, 2.24) is 0 Å². The Balaban J connectivity index is 1.62. The summed E-state index contributed by atoms with van der Waals surface area (Å²) in [6.07, 6.45) is 0.289. The fraction of sp³-hybridized carbons (Fsp3) is 0.211. The van der Waals surface area contributed by atoms with Crippen molar-refractivity contribution in [1.29, 1.82) is 0 Å². The Bertz CT molecular complexity index is 890. The highest BCUT2D eigenvalue weighted by molar-refractivity contribution is 9.10. The van der Waals surface area contributed by atoms with E-state index in [1.54, 1.807) is 6.07 Å². The second kappa shape index (κ2) is 7.72. The van der Waals surface area contributed by atoms with Crippen molar-refractivity contribution in [3.8, 4) is 5.75 Å². The zero-order valence-electron chi connectivity index (χ0n) is 13.7. The zero-order chi connectivity index (χ0) is 17.8. The summed E-state index contributed by atoms with van der Waals surface area (Å²) in [5.41, 5.74) is 5.73. The van der Waals surface area contributed by atoms with Crippen molar-refractivity contribution in [2.45, 2.75) is 19.1 Å². The molecular formula is C19H18BrNO4. The van der Waals surface area contributed by atoms with E-state index in [4.69, 9.17) is 14.9 Å². The second-order valence-electron chi connectivity index (χ2n) is 5.64. The van der Waals surface area contributed by atoms with Gasteiger partial charge in [0.25, 0.3) is 0 Å². The summed E-state index contributed by atoms with van der Waals surface area (Å²) < 4.78 is 17.1. The van der Waals surface area contributed by atoms with Crippen LogP contribution in [0.4, 0.5) is 0 Å². The third kappa shape index (κ3) is 4.41. The van der Waals surface area contributed by atoms with Gasteiger partial charge in [-0.15, -0.1) is 0 Å². The van der Waals surface area contributed by atoms with Gasteiger partial charge in [-0.2, -0.15) is 0 Å². The first kappa shape index (κ1) is 17.5. The lowest BCUT2D eigenvalue weighted by atomic mass is 10.1. The van der Waals surface area contributed by atoms with E-state index in [-0.39, 0.29) is 6.42 Å². The van der Waals surface area contributed by atoms with Crippen LogP contribution in [0.3, 0.4) is 0 Å². The van der Waals surface area contributed by atoms with Crippen molar-refractivity contribution < 1.29 is 18.7 Å². The Morgan fingerprint density at radius 2 is 1.84 bits per heavy atom. The maximum Gasteiger partial charge on any atom is 0.323 e. The quantitative estimate of drug-likeness (QED) is 0.633. The van der Waals surface area contributed by atoms with Gasteiger partial charge >= 0.3 is 5.97 Å². The van der Waals surface area contributed by atoms with Crippen LogP contribution in [-0.2, 0) is 22.6 Å². The van der Waals surface area contributed by atoms with E-state index in [0.717, 1.165) is 21.0 Å². The summed E-state index contributed by atoms with van der Waals surface area (Å²) in [5.74, 6) is 1.60. The van der Waals surface area contributed by atoms with Crippen LogP contribution in [0.25, 0.3) is 10.8 Å². The predicted octanol–water partition coefficient (Wildman–Crippen LogP) is 3.82. The summed E-state index contributed by atoms with van der Waals surface area (Å²) in [6.45, 7) is 0.301. The van der Waals surface area contributed by atoms with Gasteiger partial charge in [-0.3, -0.25) is 4.79 Å². The smallest absolute Gasteiger partial charge is 0.323 e. The molecule has 0 spiro atoms. The summed E-state index contributed by atoms with van der Waals surface area (Å²) >= 11 is 3.46. The van der Waals surface area contributed by atoms with Gasteiger partial charge in [-0.1, -0.05) is 28.1 Å². The molecule has 2 aromatic carbocycles. The largest absolute Gasteiger partial charge is 0.486 e. The van der Waals surface area contributed by atoms with E-state index in [9.17, 15) is 4.79 Å². The molecule has 0 aliphatic carbocycles. The summed E-state index contributed by atoms with van der Waals surface area (Å²) in [7, 11) is 1.31. The van der Waals surface area contributed by atoms with Crippen molar-refractivity contribution >= 4 is 32.7 Å². The Morgan fingerprint density at radius 1 is 1.12 bits per heavy atom. The monoisotopic (exact) mass is 403 g/mol. The van der Waals surface area contributed by atoms with Gasteiger partial charge in [0.2, 0.25) is 0 Å². The van der Waals surface area contributed by atoms with E-state index in [1.807, 2.05) is 36.4 Å². The summed E-state index contributed by atoms with van der Waals surface area (Å²) in [4.78, 5) is 11.3. The molecule has 3 aromatic rings. The number of hydrogen-bond donors (Lipinski definition) is 1. The third-order valence-corrected chi connectivity index (χ3v) is 4.29. The molecule has 0 amide bonds. The molecule has 3 rings (SSSR count). The summed E-state index contributed by atoms with van der Waals surface area (Å²) in [6, 6.07) is 14.9. The van der Waals surface area contributed by atoms with E-state index < -0.39 is 12.0 Å². The highest BCUT2D eigenvalue weighted by atomic mass is 79.9. The molecule has 0 radical (unpaired) electrons. The van der Waals surface area contributed by atoms with E-state index >= 15 is 0 Å². The molecule has 5 nitrogen and oxygen atoms in total. The zero-order valence-corrected chi connectivity index (χ0v) is 15.3. The van der Waals surface area contributed by atoms with Crippen LogP contribution in [0.15, 0.2) is 57.4 Å². The lowest BCUT2D eigenvalue weighted by Crippen LogP contribution is -2.33. The number of benzene rings is 2. The van der Waals surface area contributed by atoms with Crippen LogP contribution in [0, 0.1) is 0 Å². The van der Waals surface area contributed by atoms with Crippen LogP contribution in [0.5, 0.6) is 5.75 Å². The fourth-order valence-electron chi connectivity index (χ4n) is 2.50. The molecule has 1 heterocycles. The SMILES string of the molecule is COC(=O)C(N)Cc1ccc(COc2ccc3cc(Br)ccc3c2)o1. The highest BCUT2D eigenvalue weighted by Gasteiger charge is 2.16. The van der Waals surface area contributed by atoms with E-state index in [0.29, 0.717) is 18.1 Å². The standard InChI is InChI=1S/C19H18BrNO4/c1-23-19(22)18(21)10-16-6-7-17(25-16)11-24-15-5-3-12-8-14(20)4-2-13(12)9-15/h2-9,18H,10-11,21H2,1H3.